The average Bonchev–Trinajstić information content (AvgIpc) is 2.89. The number of nitrogens with zero attached hydrogens (tertiary/aromatic N) is 2. The van der Waals surface area contributed by atoms with E-state index >= 15 is 0 Å². The fourth-order valence-corrected chi connectivity index (χ4v) is 3.53. The summed E-state index contributed by atoms with van der Waals surface area (Å²) in [5.41, 5.74) is 4.50. The molecule has 4 rings (SSSR count). The maximum absolute atomic E-state index is 13.7. The van der Waals surface area contributed by atoms with Gasteiger partial charge in [0.05, 0.1) is 5.52 Å². The number of hydrogen-bond acceptors (Lipinski definition) is 4. The summed E-state index contributed by atoms with van der Waals surface area (Å²) in [6.45, 7) is 1.58. The number of nitroso groups, excluding NO2 is 1. The van der Waals surface area contributed by atoms with Crippen molar-refractivity contribution in [1.82, 2.24) is 9.88 Å². The molecule has 1 aliphatic rings. The number of aromatic amines is 1. The molecule has 2 aromatic carbocycles. The van der Waals surface area contributed by atoms with Crippen LogP contribution in [0.25, 0.3) is 22.0 Å². The van der Waals surface area contributed by atoms with Crippen LogP contribution in [-0.4, -0.2) is 28.6 Å². The number of likely N-dealkylation sites (N-methyl/N-ethyl adjacent to an activating group) is 1. The standard InChI is InChI=1S/C18H16FN3O2/c1-22-6-5-12-13(10-3-2-4-11(19)7-10)8-14-16(15(12)9-22)20-18(23)17(14)21-24/h2-4,7-8,20,23H,5-6,9H2,1H3. The summed E-state index contributed by atoms with van der Waals surface area (Å²) in [7, 11) is 2.02. The van der Waals surface area contributed by atoms with Crippen LogP contribution in [0.3, 0.4) is 0 Å². The Labute approximate surface area is 137 Å². The third-order valence-corrected chi connectivity index (χ3v) is 4.67. The van der Waals surface area contributed by atoms with Crippen molar-refractivity contribution in [3.63, 3.8) is 0 Å². The Kier molecular flexibility index (Phi) is 3.35. The lowest BCUT2D eigenvalue weighted by atomic mass is 9.89. The third-order valence-electron chi connectivity index (χ3n) is 4.67. The second kappa shape index (κ2) is 5.42. The largest absolute Gasteiger partial charge is 0.493 e. The van der Waals surface area contributed by atoms with Gasteiger partial charge in [-0.1, -0.05) is 12.1 Å². The van der Waals surface area contributed by atoms with Crippen LogP contribution in [0, 0.1) is 10.7 Å². The van der Waals surface area contributed by atoms with Crippen molar-refractivity contribution in [2.24, 2.45) is 5.18 Å². The topological polar surface area (TPSA) is 68.7 Å². The number of aromatic nitrogens is 1. The van der Waals surface area contributed by atoms with Crippen molar-refractivity contribution in [2.75, 3.05) is 13.6 Å². The van der Waals surface area contributed by atoms with Gasteiger partial charge in [0.25, 0.3) is 0 Å². The van der Waals surface area contributed by atoms with Crippen LogP contribution in [0.4, 0.5) is 10.1 Å². The highest BCUT2D eigenvalue weighted by Gasteiger charge is 2.24. The van der Waals surface area contributed by atoms with Crippen LogP contribution >= 0.6 is 0 Å². The van der Waals surface area contributed by atoms with Gasteiger partial charge < -0.3 is 15.0 Å². The first-order valence-corrected chi connectivity index (χ1v) is 7.75. The fraction of sp³-hybridized carbons (Fsp3) is 0.222. The first-order chi connectivity index (χ1) is 11.6. The summed E-state index contributed by atoms with van der Waals surface area (Å²) in [4.78, 5) is 16.2. The molecule has 2 heterocycles. The van der Waals surface area contributed by atoms with Gasteiger partial charge in [-0.15, -0.1) is 4.91 Å². The average molecular weight is 325 g/mol. The zero-order valence-electron chi connectivity index (χ0n) is 13.1. The normalized spacial score (nSPS) is 14.8. The zero-order chi connectivity index (χ0) is 16.8. The Hall–Kier alpha value is -2.73. The van der Waals surface area contributed by atoms with E-state index in [9.17, 15) is 14.4 Å². The minimum atomic E-state index is -0.306. The molecule has 0 saturated heterocycles. The monoisotopic (exact) mass is 325 g/mol. The number of hydrogen-bond donors (Lipinski definition) is 2. The van der Waals surface area contributed by atoms with E-state index in [-0.39, 0.29) is 17.4 Å². The second-order valence-electron chi connectivity index (χ2n) is 6.22. The van der Waals surface area contributed by atoms with Gasteiger partial charge in [0, 0.05) is 18.5 Å². The first kappa shape index (κ1) is 14.8. The van der Waals surface area contributed by atoms with Crippen molar-refractivity contribution in [2.45, 2.75) is 13.0 Å². The molecule has 0 bridgehead atoms. The molecule has 0 atom stereocenters. The molecule has 122 valence electrons. The van der Waals surface area contributed by atoms with Crippen LogP contribution in [0.15, 0.2) is 35.5 Å². The highest BCUT2D eigenvalue weighted by Crippen LogP contribution is 2.42. The van der Waals surface area contributed by atoms with Crippen molar-refractivity contribution in [1.29, 1.82) is 0 Å². The van der Waals surface area contributed by atoms with E-state index in [1.807, 2.05) is 19.2 Å². The highest BCUT2D eigenvalue weighted by atomic mass is 19.1. The van der Waals surface area contributed by atoms with E-state index in [1.54, 1.807) is 6.07 Å². The summed E-state index contributed by atoms with van der Waals surface area (Å²) in [6, 6.07) is 8.23. The molecule has 0 aliphatic carbocycles. The number of H-pyrrole nitrogens is 1. The molecule has 2 N–H and O–H groups in total. The van der Waals surface area contributed by atoms with E-state index in [0.717, 1.165) is 40.7 Å². The molecule has 0 fully saturated rings. The third kappa shape index (κ3) is 2.18. The molecule has 0 spiro atoms. The molecule has 0 radical (unpaired) electrons. The maximum Gasteiger partial charge on any atom is 0.219 e. The van der Waals surface area contributed by atoms with Gasteiger partial charge in [0.1, 0.15) is 5.82 Å². The summed E-state index contributed by atoms with van der Waals surface area (Å²) in [5.74, 6) is -0.535. The zero-order valence-corrected chi connectivity index (χ0v) is 13.1. The van der Waals surface area contributed by atoms with E-state index in [2.05, 4.69) is 15.1 Å². The summed E-state index contributed by atoms with van der Waals surface area (Å²) in [5, 5.41) is 13.5. The minimum Gasteiger partial charge on any atom is -0.493 e. The van der Waals surface area contributed by atoms with Gasteiger partial charge in [-0.05, 0) is 59.1 Å². The van der Waals surface area contributed by atoms with Gasteiger partial charge in [-0.3, -0.25) is 0 Å². The summed E-state index contributed by atoms with van der Waals surface area (Å²) >= 11 is 0. The molecule has 1 aromatic heterocycles. The van der Waals surface area contributed by atoms with E-state index < -0.39 is 0 Å². The molecule has 0 unspecified atom stereocenters. The molecule has 3 aromatic rings. The smallest absolute Gasteiger partial charge is 0.219 e. The first-order valence-electron chi connectivity index (χ1n) is 7.75. The predicted molar refractivity (Wildman–Crippen MR) is 90.9 cm³/mol. The van der Waals surface area contributed by atoms with Crippen molar-refractivity contribution < 1.29 is 9.50 Å². The van der Waals surface area contributed by atoms with Gasteiger partial charge in [-0.25, -0.2) is 4.39 Å². The summed E-state index contributed by atoms with van der Waals surface area (Å²) < 4.78 is 13.7. The number of nitrogens with one attached hydrogen (secondary N) is 1. The van der Waals surface area contributed by atoms with Crippen LogP contribution < -0.4 is 0 Å². The van der Waals surface area contributed by atoms with Crippen LogP contribution in [0.2, 0.25) is 0 Å². The molecule has 0 amide bonds. The molecular weight excluding hydrogens is 309 g/mol. The van der Waals surface area contributed by atoms with E-state index in [0.29, 0.717) is 11.9 Å². The fourth-order valence-electron chi connectivity index (χ4n) is 3.53. The Morgan fingerprint density at radius 3 is 2.88 bits per heavy atom. The lowest BCUT2D eigenvalue weighted by Crippen LogP contribution is -2.27. The number of aromatic hydroxyl groups is 1. The summed E-state index contributed by atoms with van der Waals surface area (Å²) in [6.07, 6.45) is 0.817. The highest BCUT2D eigenvalue weighted by molar-refractivity contribution is 6.00. The van der Waals surface area contributed by atoms with Crippen molar-refractivity contribution in [3.8, 4) is 17.0 Å². The molecule has 0 saturated carbocycles. The lowest BCUT2D eigenvalue weighted by molar-refractivity contribution is 0.314. The van der Waals surface area contributed by atoms with Crippen molar-refractivity contribution >= 4 is 16.6 Å². The van der Waals surface area contributed by atoms with Gasteiger partial charge >= 0.3 is 0 Å². The Bertz CT molecular complexity index is 965. The van der Waals surface area contributed by atoms with Gasteiger partial charge in [-0.2, -0.15) is 0 Å². The van der Waals surface area contributed by atoms with Gasteiger partial charge in [0.15, 0.2) is 5.69 Å². The van der Waals surface area contributed by atoms with Crippen LogP contribution in [-0.2, 0) is 13.0 Å². The minimum absolute atomic E-state index is 0.00122. The van der Waals surface area contributed by atoms with E-state index in [4.69, 9.17) is 0 Å². The maximum atomic E-state index is 13.7. The number of benzene rings is 2. The SMILES string of the molecule is CN1CCc2c(-c3cccc(F)c3)cc3c(N=O)c(O)[nH]c3c2C1. The Balaban J connectivity index is 2.08. The molecule has 1 aliphatic heterocycles. The van der Waals surface area contributed by atoms with Crippen molar-refractivity contribution in [3.05, 3.63) is 52.2 Å². The second-order valence-corrected chi connectivity index (χ2v) is 6.22. The number of fused-ring (bicyclic) bond motifs is 3. The predicted octanol–water partition coefficient (Wildman–Crippen LogP) is 4.07. The van der Waals surface area contributed by atoms with E-state index in [1.165, 1.54) is 12.1 Å². The number of halogens is 1. The Morgan fingerprint density at radius 1 is 1.29 bits per heavy atom. The molecular formula is C18H16FN3O2. The van der Waals surface area contributed by atoms with Crippen LogP contribution in [0.1, 0.15) is 11.1 Å². The van der Waals surface area contributed by atoms with Gasteiger partial charge in [0.2, 0.25) is 5.88 Å². The lowest BCUT2D eigenvalue weighted by Gasteiger charge is -2.27. The number of rotatable bonds is 2. The van der Waals surface area contributed by atoms with Crippen LogP contribution in [0.5, 0.6) is 5.88 Å². The Morgan fingerprint density at radius 2 is 2.12 bits per heavy atom. The molecule has 24 heavy (non-hydrogen) atoms. The molecule has 5 nitrogen and oxygen atoms in total. The molecule has 6 heteroatoms. The quantitative estimate of drug-likeness (QED) is 0.698.